The standard InChI is InChI=1S/C9H7Cl2FN2O2S/c10-9(11,12)17-14-8(16)6-4-2-1-3-5(6)7(13)15/h1-4H,(H2,13,15)(H,14,16). The summed E-state index contributed by atoms with van der Waals surface area (Å²) in [5.74, 6) is -1.48. The Balaban J connectivity index is 2.86. The molecule has 3 N–H and O–H groups in total. The molecule has 0 saturated carbocycles. The van der Waals surface area contributed by atoms with E-state index in [-0.39, 0.29) is 23.1 Å². The summed E-state index contributed by atoms with van der Waals surface area (Å²) >= 11 is 10.2. The van der Waals surface area contributed by atoms with Crippen LogP contribution in [0, 0.1) is 0 Å². The monoisotopic (exact) mass is 296 g/mol. The molecule has 2 amide bonds. The minimum absolute atomic E-state index is 0.0186. The predicted octanol–water partition coefficient (Wildman–Crippen LogP) is 2.22. The summed E-state index contributed by atoms with van der Waals surface area (Å²) in [5.41, 5.74) is 5.13. The molecule has 0 unspecified atom stereocenters. The molecular formula is C9H7Cl2FN2O2S. The molecule has 1 aromatic rings. The second kappa shape index (κ2) is 5.57. The Hall–Kier alpha value is -0.980. The van der Waals surface area contributed by atoms with Gasteiger partial charge in [-0.2, -0.15) is 4.39 Å². The van der Waals surface area contributed by atoms with Crippen molar-refractivity contribution in [2.24, 2.45) is 5.73 Å². The van der Waals surface area contributed by atoms with E-state index < -0.39 is 15.7 Å². The van der Waals surface area contributed by atoms with Gasteiger partial charge in [-0.1, -0.05) is 35.3 Å². The van der Waals surface area contributed by atoms with Crippen LogP contribution in [0.3, 0.4) is 0 Å². The van der Waals surface area contributed by atoms with Gasteiger partial charge in [0.25, 0.3) is 5.91 Å². The molecule has 0 bridgehead atoms. The van der Waals surface area contributed by atoms with Gasteiger partial charge in [0.1, 0.15) is 0 Å². The summed E-state index contributed by atoms with van der Waals surface area (Å²) in [6.45, 7) is 0. The number of amides is 2. The van der Waals surface area contributed by atoms with Crippen molar-refractivity contribution in [3.8, 4) is 0 Å². The fraction of sp³-hybridized carbons (Fsp3) is 0.111. The van der Waals surface area contributed by atoms with E-state index in [9.17, 15) is 14.0 Å². The number of hydrogen-bond acceptors (Lipinski definition) is 3. The van der Waals surface area contributed by atoms with E-state index in [1.165, 1.54) is 18.2 Å². The van der Waals surface area contributed by atoms with E-state index in [1.807, 2.05) is 0 Å². The number of alkyl halides is 3. The highest BCUT2D eigenvalue weighted by molar-refractivity contribution is 8.01. The molecule has 8 heteroatoms. The van der Waals surface area contributed by atoms with Gasteiger partial charge < -0.3 is 5.73 Å². The first-order valence-electron chi connectivity index (χ1n) is 4.25. The number of rotatable bonds is 4. The van der Waals surface area contributed by atoms with E-state index in [4.69, 9.17) is 28.9 Å². The first-order chi connectivity index (χ1) is 7.81. The van der Waals surface area contributed by atoms with Gasteiger partial charge >= 0.3 is 3.92 Å². The lowest BCUT2D eigenvalue weighted by molar-refractivity contribution is 0.0958. The number of carbonyl (C=O) groups is 2. The Bertz CT molecular complexity index is 451. The highest BCUT2D eigenvalue weighted by Gasteiger charge is 2.25. The zero-order valence-electron chi connectivity index (χ0n) is 8.25. The summed E-state index contributed by atoms with van der Waals surface area (Å²) in [6.07, 6.45) is 0. The Kier molecular flexibility index (Phi) is 4.62. The fourth-order valence-corrected chi connectivity index (χ4v) is 1.61. The van der Waals surface area contributed by atoms with Crippen molar-refractivity contribution in [1.29, 1.82) is 0 Å². The summed E-state index contributed by atoms with van der Waals surface area (Å²) in [7, 11) is 0. The van der Waals surface area contributed by atoms with Gasteiger partial charge in [0.05, 0.1) is 11.1 Å². The largest absolute Gasteiger partial charge is 0.366 e. The van der Waals surface area contributed by atoms with Crippen molar-refractivity contribution < 1.29 is 14.0 Å². The average Bonchev–Trinajstić information content (AvgIpc) is 2.25. The van der Waals surface area contributed by atoms with Crippen LogP contribution in [-0.2, 0) is 0 Å². The van der Waals surface area contributed by atoms with E-state index in [1.54, 1.807) is 6.07 Å². The summed E-state index contributed by atoms with van der Waals surface area (Å²) in [6, 6.07) is 5.84. The molecule has 0 heterocycles. The normalized spacial score (nSPS) is 11.0. The van der Waals surface area contributed by atoms with E-state index in [0.717, 1.165) is 0 Å². The third-order valence-corrected chi connectivity index (χ3v) is 2.68. The number of nitrogens with one attached hydrogen (secondary N) is 1. The smallest absolute Gasteiger partial charge is 0.323 e. The van der Waals surface area contributed by atoms with Gasteiger partial charge in [-0.25, -0.2) is 0 Å². The number of hydrogen-bond donors (Lipinski definition) is 2. The molecule has 92 valence electrons. The molecule has 1 rings (SSSR count). The summed E-state index contributed by atoms with van der Waals surface area (Å²) < 4.78 is 12.1. The molecule has 0 fully saturated rings. The molecule has 0 aliphatic rings. The van der Waals surface area contributed by atoms with Crippen molar-refractivity contribution in [2.75, 3.05) is 0 Å². The topological polar surface area (TPSA) is 72.2 Å². The van der Waals surface area contributed by atoms with Crippen LogP contribution < -0.4 is 10.5 Å². The summed E-state index contributed by atoms with van der Waals surface area (Å²) in [5, 5.41) is 0. The van der Waals surface area contributed by atoms with Gasteiger partial charge in [-0.3, -0.25) is 14.3 Å². The minimum Gasteiger partial charge on any atom is -0.366 e. The van der Waals surface area contributed by atoms with Gasteiger partial charge in [0.15, 0.2) is 0 Å². The van der Waals surface area contributed by atoms with E-state index in [0.29, 0.717) is 0 Å². The number of primary amides is 1. The molecule has 0 aromatic heterocycles. The van der Waals surface area contributed by atoms with Crippen LogP contribution in [-0.4, -0.2) is 15.7 Å². The molecule has 17 heavy (non-hydrogen) atoms. The lowest BCUT2D eigenvalue weighted by Crippen LogP contribution is -2.24. The maximum Gasteiger partial charge on any atom is 0.323 e. The highest BCUT2D eigenvalue weighted by Crippen LogP contribution is 2.33. The molecular weight excluding hydrogens is 290 g/mol. The van der Waals surface area contributed by atoms with Crippen LogP contribution >= 0.6 is 35.1 Å². The van der Waals surface area contributed by atoms with E-state index >= 15 is 0 Å². The van der Waals surface area contributed by atoms with Crippen molar-refractivity contribution in [3.05, 3.63) is 35.4 Å². The Labute approximate surface area is 111 Å². The predicted molar refractivity (Wildman–Crippen MR) is 65.6 cm³/mol. The van der Waals surface area contributed by atoms with Crippen LogP contribution in [0.1, 0.15) is 20.7 Å². The third-order valence-electron chi connectivity index (χ3n) is 1.70. The second-order valence-electron chi connectivity index (χ2n) is 2.89. The first kappa shape index (κ1) is 14.1. The fourth-order valence-electron chi connectivity index (χ4n) is 1.06. The third kappa shape index (κ3) is 4.41. The molecule has 1 aromatic carbocycles. The van der Waals surface area contributed by atoms with Gasteiger partial charge in [0.2, 0.25) is 5.91 Å². The van der Waals surface area contributed by atoms with Crippen LogP contribution in [0.15, 0.2) is 24.3 Å². The maximum atomic E-state index is 12.7. The number of halogens is 3. The SMILES string of the molecule is NC(=O)c1ccccc1C(=O)NSC(F)(Cl)Cl. The van der Waals surface area contributed by atoms with Gasteiger partial charge in [-0.05, 0) is 12.1 Å². The molecule has 0 radical (unpaired) electrons. The maximum absolute atomic E-state index is 12.7. The van der Waals surface area contributed by atoms with Gasteiger partial charge in [0, 0.05) is 11.9 Å². The zero-order chi connectivity index (χ0) is 13.1. The van der Waals surface area contributed by atoms with Crippen molar-refractivity contribution in [3.63, 3.8) is 0 Å². The summed E-state index contributed by atoms with van der Waals surface area (Å²) in [4.78, 5) is 22.6. The number of nitrogens with two attached hydrogens (primary N) is 1. The second-order valence-corrected chi connectivity index (χ2v) is 5.54. The minimum atomic E-state index is -2.64. The zero-order valence-corrected chi connectivity index (χ0v) is 10.6. The first-order valence-corrected chi connectivity index (χ1v) is 5.82. The molecule has 4 nitrogen and oxygen atoms in total. The molecule has 0 atom stereocenters. The van der Waals surface area contributed by atoms with Crippen molar-refractivity contribution in [2.45, 2.75) is 3.92 Å². The number of carbonyl (C=O) groups excluding carboxylic acids is 2. The Morgan fingerprint density at radius 2 is 1.82 bits per heavy atom. The van der Waals surface area contributed by atoms with Crippen molar-refractivity contribution >= 4 is 47.0 Å². The van der Waals surface area contributed by atoms with Gasteiger partial charge in [-0.15, -0.1) is 0 Å². The Morgan fingerprint density at radius 1 is 1.29 bits per heavy atom. The molecule has 0 aliphatic heterocycles. The van der Waals surface area contributed by atoms with Crippen LogP contribution in [0.5, 0.6) is 0 Å². The van der Waals surface area contributed by atoms with E-state index in [2.05, 4.69) is 4.72 Å². The average molecular weight is 297 g/mol. The van der Waals surface area contributed by atoms with Crippen LogP contribution in [0.25, 0.3) is 0 Å². The van der Waals surface area contributed by atoms with Crippen molar-refractivity contribution in [1.82, 2.24) is 4.72 Å². The number of benzene rings is 1. The Morgan fingerprint density at radius 3 is 2.29 bits per heavy atom. The quantitative estimate of drug-likeness (QED) is 0.661. The van der Waals surface area contributed by atoms with Crippen LogP contribution in [0.2, 0.25) is 0 Å². The van der Waals surface area contributed by atoms with Crippen LogP contribution in [0.4, 0.5) is 4.39 Å². The highest BCUT2D eigenvalue weighted by atomic mass is 35.5. The lowest BCUT2D eigenvalue weighted by atomic mass is 10.1. The molecule has 0 aliphatic carbocycles. The lowest BCUT2D eigenvalue weighted by Gasteiger charge is -2.10. The molecule has 0 spiro atoms. The molecule has 0 saturated heterocycles.